The SMILES string of the molecule is Fc1cc(CCl)ccc1N1CCC(c2ccccc2)C1. The summed E-state index contributed by atoms with van der Waals surface area (Å²) >= 11 is 5.73. The van der Waals surface area contributed by atoms with Gasteiger partial charge in [-0.05, 0) is 29.7 Å². The first-order valence-electron chi connectivity index (χ1n) is 6.92. The Hall–Kier alpha value is -1.54. The first kappa shape index (κ1) is 13.4. The molecule has 2 aromatic rings. The van der Waals surface area contributed by atoms with E-state index in [-0.39, 0.29) is 5.82 Å². The molecule has 1 atom stereocenters. The van der Waals surface area contributed by atoms with Gasteiger partial charge in [0.2, 0.25) is 0 Å². The molecule has 0 saturated carbocycles. The molecule has 3 rings (SSSR count). The second-order valence-corrected chi connectivity index (χ2v) is 5.53. The van der Waals surface area contributed by atoms with E-state index in [4.69, 9.17) is 11.6 Å². The van der Waals surface area contributed by atoms with Crippen molar-refractivity contribution >= 4 is 17.3 Å². The van der Waals surface area contributed by atoms with Crippen LogP contribution in [0.15, 0.2) is 48.5 Å². The number of nitrogens with zero attached hydrogens (tertiary/aromatic N) is 1. The molecule has 0 N–H and O–H groups in total. The van der Waals surface area contributed by atoms with Gasteiger partial charge < -0.3 is 4.90 Å². The van der Waals surface area contributed by atoms with E-state index < -0.39 is 0 Å². The molecule has 1 fully saturated rings. The first-order chi connectivity index (χ1) is 9.78. The molecule has 104 valence electrons. The fraction of sp³-hybridized carbons (Fsp3) is 0.294. The molecule has 2 aromatic carbocycles. The fourth-order valence-corrected chi connectivity index (χ4v) is 3.03. The van der Waals surface area contributed by atoms with E-state index in [1.165, 1.54) is 11.6 Å². The average molecular weight is 290 g/mol. The van der Waals surface area contributed by atoms with Crippen LogP contribution in [0.2, 0.25) is 0 Å². The van der Waals surface area contributed by atoms with Crippen LogP contribution in [0.1, 0.15) is 23.5 Å². The van der Waals surface area contributed by atoms with E-state index in [1.807, 2.05) is 18.2 Å². The van der Waals surface area contributed by atoms with E-state index in [0.29, 0.717) is 17.5 Å². The van der Waals surface area contributed by atoms with Crippen molar-refractivity contribution in [1.82, 2.24) is 0 Å². The summed E-state index contributed by atoms with van der Waals surface area (Å²) in [5.41, 5.74) is 2.86. The van der Waals surface area contributed by atoms with Crippen molar-refractivity contribution in [2.24, 2.45) is 0 Å². The highest BCUT2D eigenvalue weighted by Crippen LogP contribution is 2.32. The Morgan fingerprint density at radius 3 is 2.65 bits per heavy atom. The lowest BCUT2D eigenvalue weighted by molar-refractivity contribution is 0.621. The summed E-state index contributed by atoms with van der Waals surface area (Å²) in [4.78, 5) is 2.13. The molecule has 20 heavy (non-hydrogen) atoms. The quantitative estimate of drug-likeness (QED) is 0.749. The van der Waals surface area contributed by atoms with Crippen LogP contribution in [-0.2, 0) is 5.88 Å². The lowest BCUT2D eigenvalue weighted by Gasteiger charge is -2.20. The van der Waals surface area contributed by atoms with Crippen molar-refractivity contribution in [3.8, 4) is 0 Å². The number of rotatable bonds is 3. The molecule has 0 amide bonds. The first-order valence-corrected chi connectivity index (χ1v) is 7.45. The molecule has 0 spiro atoms. The molecule has 1 heterocycles. The Morgan fingerprint density at radius 1 is 1.15 bits per heavy atom. The van der Waals surface area contributed by atoms with Crippen LogP contribution in [0.25, 0.3) is 0 Å². The van der Waals surface area contributed by atoms with Gasteiger partial charge in [0.15, 0.2) is 0 Å². The van der Waals surface area contributed by atoms with Gasteiger partial charge in [0.1, 0.15) is 5.82 Å². The second kappa shape index (κ2) is 5.84. The number of alkyl halides is 1. The van der Waals surface area contributed by atoms with Gasteiger partial charge in [-0.25, -0.2) is 4.39 Å². The van der Waals surface area contributed by atoms with E-state index in [0.717, 1.165) is 25.1 Å². The van der Waals surface area contributed by atoms with Crippen molar-refractivity contribution in [3.63, 3.8) is 0 Å². The largest absolute Gasteiger partial charge is 0.369 e. The second-order valence-electron chi connectivity index (χ2n) is 5.26. The van der Waals surface area contributed by atoms with Gasteiger partial charge in [-0.3, -0.25) is 0 Å². The number of benzene rings is 2. The van der Waals surface area contributed by atoms with Crippen molar-refractivity contribution < 1.29 is 4.39 Å². The summed E-state index contributed by atoms with van der Waals surface area (Å²) in [7, 11) is 0. The molecule has 0 aromatic heterocycles. The highest BCUT2D eigenvalue weighted by Gasteiger charge is 2.25. The van der Waals surface area contributed by atoms with Crippen LogP contribution in [0.5, 0.6) is 0 Å². The zero-order chi connectivity index (χ0) is 13.9. The lowest BCUT2D eigenvalue weighted by Crippen LogP contribution is -2.20. The molecule has 1 nitrogen and oxygen atoms in total. The highest BCUT2D eigenvalue weighted by molar-refractivity contribution is 6.17. The Balaban J connectivity index is 1.77. The van der Waals surface area contributed by atoms with E-state index in [9.17, 15) is 4.39 Å². The molecule has 1 aliphatic rings. The Bertz CT molecular complexity index is 585. The average Bonchev–Trinajstić information content (AvgIpc) is 2.97. The molecule has 0 bridgehead atoms. The molecule has 3 heteroatoms. The van der Waals surface area contributed by atoms with Crippen molar-refractivity contribution in [2.75, 3.05) is 18.0 Å². The fourth-order valence-electron chi connectivity index (χ4n) is 2.87. The topological polar surface area (TPSA) is 3.24 Å². The minimum absolute atomic E-state index is 0.170. The van der Waals surface area contributed by atoms with Crippen molar-refractivity contribution in [2.45, 2.75) is 18.2 Å². The minimum atomic E-state index is -0.170. The Kier molecular flexibility index (Phi) is 3.93. The zero-order valence-corrected chi connectivity index (χ0v) is 12.0. The van der Waals surface area contributed by atoms with Gasteiger partial charge in [-0.2, -0.15) is 0 Å². The molecule has 0 aliphatic carbocycles. The van der Waals surface area contributed by atoms with E-state index >= 15 is 0 Å². The Morgan fingerprint density at radius 2 is 1.95 bits per heavy atom. The lowest BCUT2D eigenvalue weighted by atomic mass is 9.99. The van der Waals surface area contributed by atoms with Gasteiger partial charge in [0, 0.05) is 24.9 Å². The maximum absolute atomic E-state index is 14.1. The van der Waals surface area contributed by atoms with Crippen LogP contribution in [0.4, 0.5) is 10.1 Å². The predicted octanol–water partition coefficient (Wildman–Crippen LogP) is 4.56. The summed E-state index contributed by atoms with van der Waals surface area (Å²) in [5, 5.41) is 0. The molecule has 0 radical (unpaired) electrons. The third-order valence-corrected chi connectivity index (χ3v) is 4.27. The monoisotopic (exact) mass is 289 g/mol. The van der Waals surface area contributed by atoms with Gasteiger partial charge in [0.25, 0.3) is 0 Å². The molecule has 1 aliphatic heterocycles. The summed E-state index contributed by atoms with van der Waals surface area (Å²) in [6.07, 6.45) is 1.07. The van der Waals surface area contributed by atoms with Crippen LogP contribution in [0.3, 0.4) is 0 Å². The van der Waals surface area contributed by atoms with Crippen molar-refractivity contribution in [1.29, 1.82) is 0 Å². The third kappa shape index (κ3) is 2.66. The summed E-state index contributed by atoms with van der Waals surface area (Å²) in [6.45, 7) is 1.78. The van der Waals surface area contributed by atoms with E-state index in [2.05, 4.69) is 29.2 Å². The Labute approximate surface area is 124 Å². The smallest absolute Gasteiger partial charge is 0.146 e. The van der Waals surface area contributed by atoms with Crippen LogP contribution >= 0.6 is 11.6 Å². The van der Waals surface area contributed by atoms with Gasteiger partial charge in [-0.15, -0.1) is 11.6 Å². The van der Waals surface area contributed by atoms with Crippen molar-refractivity contribution in [3.05, 3.63) is 65.5 Å². The third-order valence-electron chi connectivity index (χ3n) is 3.97. The molecular formula is C17H17ClFN. The standard InChI is InChI=1S/C17H17ClFN/c18-11-13-6-7-17(16(19)10-13)20-9-8-15(12-20)14-4-2-1-3-5-14/h1-7,10,15H,8-9,11-12H2. The zero-order valence-electron chi connectivity index (χ0n) is 11.2. The normalized spacial score (nSPS) is 18.5. The van der Waals surface area contributed by atoms with Gasteiger partial charge in [0.05, 0.1) is 5.69 Å². The van der Waals surface area contributed by atoms with E-state index in [1.54, 1.807) is 0 Å². The summed E-state index contributed by atoms with van der Waals surface area (Å²) < 4.78 is 14.1. The predicted molar refractivity (Wildman–Crippen MR) is 82.0 cm³/mol. The highest BCUT2D eigenvalue weighted by atomic mass is 35.5. The maximum atomic E-state index is 14.1. The van der Waals surface area contributed by atoms with Crippen LogP contribution in [-0.4, -0.2) is 13.1 Å². The molecule has 1 saturated heterocycles. The van der Waals surface area contributed by atoms with Gasteiger partial charge in [-0.1, -0.05) is 36.4 Å². The van der Waals surface area contributed by atoms with Crippen LogP contribution < -0.4 is 4.90 Å². The van der Waals surface area contributed by atoms with Gasteiger partial charge >= 0.3 is 0 Å². The minimum Gasteiger partial charge on any atom is -0.369 e. The number of hydrogen-bond donors (Lipinski definition) is 0. The number of hydrogen-bond acceptors (Lipinski definition) is 1. The summed E-state index contributed by atoms with van der Waals surface area (Å²) in [5.74, 6) is 0.671. The number of halogens is 2. The summed E-state index contributed by atoms with van der Waals surface area (Å²) in [6, 6.07) is 15.8. The number of anilines is 1. The van der Waals surface area contributed by atoms with Crippen LogP contribution in [0, 0.1) is 5.82 Å². The molecule has 1 unspecified atom stereocenters. The maximum Gasteiger partial charge on any atom is 0.146 e. The molecular weight excluding hydrogens is 273 g/mol.